The van der Waals surface area contributed by atoms with E-state index in [2.05, 4.69) is 36.8 Å². The van der Waals surface area contributed by atoms with Crippen molar-refractivity contribution >= 4 is 54.4 Å². The molecule has 0 fully saturated rings. The van der Waals surface area contributed by atoms with E-state index in [1.165, 1.54) is 0 Å². The Morgan fingerprint density at radius 3 is 2.00 bits per heavy atom. The number of nitrogens with zero attached hydrogens (tertiary/aromatic N) is 1. The van der Waals surface area contributed by atoms with Gasteiger partial charge in [-0.25, -0.2) is 0 Å². The van der Waals surface area contributed by atoms with Gasteiger partial charge in [-0.3, -0.25) is 4.79 Å². The second kappa shape index (κ2) is 7.30. The lowest BCUT2D eigenvalue weighted by molar-refractivity contribution is 0.108. The minimum Gasteiger partial charge on any atom is -0.370 e. The molecule has 0 aliphatic heterocycles. The van der Waals surface area contributed by atoms with Gasteiger partial charge in [-0.2, -0.15) is 0 Å². The van der Waals surface area contributed by atoms with Gasteiger partial charge in [0.15, 0.2) is 0 Å². The van der Waals surface area contributed by atoms with E-state index in [1.54, 1.807) is 12.1 Å². The van der Waals surface area contributed by atoms with Crippen molar-refractivity contribution < 1.29 is 4.79 Å². The molecule has 88 valence electrons. The Morgan fingerprint density at radius 1 is 1.12 bits per heavy atom. The van der Waals surface area contributed by atoms with Crippen LogP contribution in [-0.4, -0.2) is 29.0 Å². The number of hydrogen-bond acceptors (Lipinski definition) is 2. The van der Waals surface area contributed by atoms with Gasteiger partial charge in [0.1, 0.15) is 0 Å². The topological polar surface area (TPSA) is 20.3 Å². The molecule has 0 spiro atoms. The molecule has 0 saturated heterocycles. The highest BCUT2D eigenvalue weighted by Crippen LogP contribution is 2.16. The molecule has 0 heterocycles. The Balaban J connectivity index is 2.80. The largest absolute Gasteiger partial charge is 0.370 e. The number of benzene rings is 1. The normalized spacial score (nSPS) is 10.2. The summed E-state index contributed by atoms with van der Waals surface area (Å²) in [5, 5.41) is 1.41. The zero-order valence-electron chi connectivity index (χ0n) is 8.63. The fraction of sp³-hybridized carbons (Fsp3) is 0.364. The molecule has 0 amide bonds. The molecule has 0 aliphatic rings. The number of halogens is 3. The van der Waals surface area contributed by atoms with Crippen LogP contribution in [0.3, 0.4) is 0 Å². The third-order valence-corrected chi connectivity index (χ3v) is 3.10. The van der Waals surface area contributed by atoms with Crippen LogP contribution in [-0.2, 0) is 0 Å². The maximum absolute atomic E-state index is 10.9. The minimum absolute atomic E-state index is 0.418. The summed E-state index contributed by atoms with van der Waals surface area (Å²) in [5.41, 5.74) is 1.63. The molecule has 16 heavy (non-hydrogen) atoms. The lowest BCUT2D eigenvalue weighted by Crippen LogP contribution is -2.27. The molecule has 1 aromatic rings. The molecule has 0 unspecified atom stereocenters. The molecule has 0 radical (unpaired) electrons. The Bertz CT molecular complexity index is 336. The van der Waals surface area contributed by atoms with Gasteiger partial charge in [0.05, 0.1) is 0 Å². The van der Waals surface area contributed by atoms with E-state index in [4.69, 9.17) is 11.6 Å². The average molecular weight is 369 g/mol. The van der Waals surface area contributed by atoms with Crippen LogP contribution in [0.2, 0.25) is 0 Å². The first-order chi connectivity index (χ1) is 7.69. The third-order valence-electron chi connectivity index (χ3n) is 2.17. The molecule has 0 N–H and O–H groups in total. The molecule has 0 saturated carbocycles. The molecule has 0 bridgehead atoms. The summed E-state index contributed by atoms with van der Waals surface area (Å²) in [6.45, 7) is 1.86. The number of carbonyl (C=O) groups is 1. The van der Waals surface area contributed by atoms with E-state index < -0.39 is 5.24 Å². The van der Waals surface area contributed by atoms with E-state index in [0.29, 0.717) is 5.56 Å². The standard InChI is InChI=1S/C11H12Br2ClNO/c12-5-7-15(8-6-13)10-3-1-9(2-4-10)11(14)16/h1-4H,5-8H2. The Morgan fingerprint density at radius 2 is 1.62 bits per heavy atom. The highest BCUT2D eigenvalue weighted by atomic mass is 79.9. The van der Waals surface area contributed by atoms with Crippen LogP contribution in [0.25, 0.3) is 0 Å². The molecule has 1 aromatic carbocycles. The lowest BCUT2D eigenvalue weighted by Gasteiger charge is -2.23. The van der Waals surface area contributed by atoms with Crippen LogP contribution in [0.15, 0.2) is 24.3 Å². The minimum atomic E-state index is -0.418. The summed E-state index contributed by atoms with van der Waals surface area (Å²) >= 11 is 12.2. The van der Waals surface area contributed by atoms with Crippen LogP contribution >= 0.6 is 43.5 Å². The van der Waals surface area contributed by atoms with Gasteiger partial charge in [-0.15, -0.1) is 0 Å². The van der Waals surface area contributed by atoms with Gasteiger partial charge in [0.2, 0.25) is 0 Å². The van der Waals surface area contributed by atoms with Crippen LogP contribution < -0.4 is 4.90 Å². The zero-order valence-corrected chi connectivity index (χ0v) is 12.6. The molecular weight excluding hydrogens is 357 g/mol. The number of rotatable bonds is 6. The summed E-state index contributed by atoms with van der Waals surface area (Å²) in [6.07, 6.45) is 0. The molecule has 5 heteroatoms. The summed E-state index contributed by atoms with van der Waals surface area (Å²) in [6, 6.07) is 7.34. The van der Waals surface area contributed by atoms with Crippen molar-refractivity contribution in [3.63, 3.8) is 0 Å². The predicted molar refractivity (Wildman–Crippen MR) is 76.4 cm³/mol. The van der Waals surface area contributed by atoms with Gasteiger partial charge in [-0.05, 0) is 35.9 Å². The number of hydrogen-bond donors (Lipinski definition) is 0. The summed E-state index contributed by atoms with van der Waals surface area (Å²) in [5.74, 6) is 0. The number of anilines is 1. The molecule has 1 rings (SSSR count). The van der Waals surface area contributed by atoms with Crippen molar-refractivity contribution in [3.8, 4) is 0 Å². The smallest absolute Gasteiger partial charge is 0.252 e. The van der Waals surface area contributed by atoms with E-state index in [9.17, 15) is 4.79 Å². The van der Waals surface area contributed by atoms with Crippen molar-refractivity contribution in [2.75, 3.05) is 28.6 Å². The highest BCUT2D eigenvalue weighted by molar-refractivity contribution is 9.09. The second-order valence-electron chi connectivity index (χ2n) is 3.19. The average Bonchev–Trinajstić information content (AvgIpc) is 2.29. The first kappa shape index (κ1) is 14.0. The SMILES string of the molecule is O=C(Cl)c1ccc(N(CCBr)CCBr)cc1. The second-order valence-corrected chi connectivity index (χ2v) is 5.11. The molecular formula is C11H12Br2ClNO. The highest BCUT2D eigenvalue weighted by Gasteiger charge is 2.06. The van der Waals surface area contributed by atoms with E-state index >= 15 is 0 Å². The zero-order chi connectivity index (χ0) is 12.0. The fourth-order valence-electron chi connectivity index (χ4n) is 1.38. The molecule has 0 atom stereocenters. The number of alkyl halides is 2. The first-order valence-corrected chi connectivity index (χ1v) is 7.48. The number of carbonyl (C=O) groups excluding carboxylic acids is 1. The Labute approximate surface area is 117 Å². The third kappa shape index (κ3) is 4.07. The fourth-order valence-corrected chi connectivity index (χ4v) is 2.36. The quantitative estimate of drug-likeness (QED) is 0.563. The van der Waals surface area contributed by atoms with Crippen LogP contribution in [0.4, 0.5) is 5.69 Å². The Hall–Kier alpha value is -0.0600. The van der Waals surface area contributed by atoms with Crippen LogP contribution in [0.5, 0.6) is 0 Å². The predicted octanol–water partition coefficient (Wildman–Crippen LogP) is 3.66. The van der Waals surface area contributed by atoms with Gasteiger partial charge < -0.3 is 4.90 Å². The van der Waals surface area contributed by atoms with Gasteiger partial charge >= 0.3 is 0 Å². The van der Waals surface area contributed by atoms with Crippen molar-refractivity contribution in [2.24, 2.45) is 0 Å². The molecule has 0 aliphatic carbocycles. The van der Waals surface area contributed by atoms with Gasteiger partial charge in [0, 0.05) is 35.0 Å². The van der Waals surface area contributed by atoms with Crippen molar-refractivity contribution in [1.82, 2.24) is 0 Å². The molecule has 0 aromatic heterocycles. The van der Waals surface area contributed by atoms with Crippen molar-refractivity contribution in [2.45, 2.75) is 0 Å². The van der Waals surface area contributed by atoms with E-state index in [0.717, 1.165) is 29.4 Å². The van der Waals surface area contributed by atoms with E-state index in [1.807, 2.05) is 12.1 Å². The Kier molecular flexibility index (Phi) is 6.39. The van der Waals surface area contributed by atoms with Crippen LogP contribution in [0, 0.1) is 0 Å². The maximum Gasteiger partial charge on any atom is 0.252 e. The van der Waals surface area contributed by atoms with Crippen molar-refractivity contribution in [1.29, 1.82) is 0 Å². The summed E-state index contributed by atoms with van der Waals surface area (Å²) in [4.78, 5) is 13.1. The van der Waals surface area contributed by atoms with Gasteiger partial charge in [0.25, 0.3) is 5.24 Å². The lowest BCUT2D eigenvalue weighted by atomic mass is 10.2. The van der Waals surface area contributed by atoms with E-state index in [-0.39, 0.29) is 0 Å². The first-order valence-electron chi connectivity index (χ1n) is 4.86. The summed E-state index contributed by atoms with van der Waals surface area (Å²) < 4.78 is 0. The van der Waals surface area contributed by atoms with Gasteiger partial charge in [-0.1, -0.05) is 31.9 Å². The maximum atomic E-state index is 10.9. The van der Waals surface area contributed by atoms with Crippen LogP contribution in [0.1, 0.15) is 10.4 Å². The molecule has 2 nitrogen and oxygen atoms in total. The van der Waals surface area contributed by atoms with Crippen molar-refractivity contribution in [3.05, 3.63) is 29.8 Å². The monoisotopic (exact) mass is 367 g/mol. The summed E-state index contributed by atoms with van der Waals surface area (Å²) in [7, 11) is 0.